The van der Waals surface area contributed by atoms with Crippen LogP contribution in [-0.2, 0) is 4.79 Å². The molecule has 1 spiro atoms. The average molecular weight is 292 g/mol. The number of carbonyl (C=O) groups excluding carboxylic acids is 1. The van der Waals surface area contributed by atoms with Crippen molar-refractivity contribution < 1.29 is 13.6 Å². The van der Waals surface area contributed by atoms with Crippen molar-refractivity contribution in [3.8, 4) is 0 Å². The average Bonchev–Trinajstić information content (AvgIpc) is 2.93. The van der Waals surface area contributed by atoms with Crippen LogP contribution in [0.4, 0.5) is 8.78 Å². The van der Waals surface area contributed by atoms with E-state index in [1.165, 1.54) is 6.07 Å². The van der Waals surface area contributed by atoms with Gasteiger partial charge in [0.05, 0.1) is 0 Å². The van der Waals surface area contributed by atoms with Crippen LogP contribution in [0.15, 0.2) is 18.2 Å². The van der Waals surface area contributed by atoms with Crippen molar-refractivity contribution in [2.24, 2.45) is 0 Å². The predicted octanol–water partition coefficient (Wildman–Crippen LogP) is 2.87. The Morgan fingerprint density at radius 2 is 1.86 bits per heavy atom. The molecule has 3 aliphatic rings. The molecule has 0 aromatic heterocycles. The normalized spacial score (nSPS) is 27.8. The van der Waals surface area contributed by atoms with Gasteiger partial charge in [-0.05, 0) is 43.4 Å². The Morgan fingerprint density at radius 3 is 2.48 bits per heavy atom. The summed E-state index contributed by atoms with van der Waals surface area (Å²) in [6.45, 7) is 0. The Balaban J connectivity index is 1.70. The molecule has 3 fully saturated rings. The van der Waals surface area contributed by atoms with E-state index in [2.05, 4.69) is 5.32 Å². The van der Waals surface area contributed by atoms with Gasteiger partial charge in [-0.2, -0.15) is 0 Å². The maximum Gasteiger partial charge on any atom is 0.244 e. The third kappa shape index (κ3) is 1.98. The molecule has 5 heteroatoms. The molecule has 0 radical (unpaired) electrons. The first kappa shape index (κ1) is 13.2. The zero-order valence-corrected chi connectivity index (χ0v) is 11.7. The molecule has 21 heavy (non-hydrogen) atoms. The van der Waals surface area contributed by atoms with Gasteiger partial charge in [-0.1, -0.05) is 18.9 Å². The number of hydrogen-bond donors (Lipinski definition) is 1. The van der Waals surface area contributed by atoms with Crippen LogP contribution in [-0.4, -0.2) is 22.4 Å². The van der Waals surface area contributed by atoms with Crippen molar-refractivity contribution in [1.82, 2.24) is 10.2 Å². The maximum atomic E-state index is 13.5. The molecule has 4 rings (SSSR count). The van der Waals surface area contributed by atoms with Gasteiger partial charge < -0.3 is 4.90 Å². The minimum absolute atomic E-state index is 0.143. The SMILES string of the molecule is O=C1N(C2CCCC2)C(c2ccc(F)c(F)c2)NC12CC2. The maximum absolute atomic E-state index is 13.5. The Hall–Kier alpha value is -1.49. The van der Waals surface area contributed by atoms with Crippen LogP contribution < -0.4 is 5.32 Å². The predicted molar refractivity (Wildman–Crippen MR) is 73.3 cm³/mol. The highest BCUT2D eigenvalue weighted by atomic mass is 19.2. The van der Waals surface area contributed by atoms with Crippen molar-refractivity contribution in [3.05, 3.63) is 35.4 Å². The van der Waals surface area contributed by atoms with Crippen molar-refractivity contribution in [3.63, 3.8) is 0 Å². The fourth-order valence-electron chi connectivity index (χ4n) is 3.73. The number of carbonyl (C=O) groups is 1. The van der Waals surface area contributed by atoms with Gasteiger partial charge in [0, 0.05) is 6.04 Å². The molecule has 1 aromatic rings. The Bertz CT molecular complexity index is 594. The minimum atomic E-state index is -0.857. The number of rotatable bonds is 2. The second-order valence-corrected chi connectivity index (χ2v) is 6.45. The van der Waals surface area contributed by atoms with Gasteiger partial charge >= 0.3 is 0 Å². The van der Waals surface area contributed by atoms with E-state index in [1.807, 2.05) is 4.90 Å². The molecule has 1 atom stereocenters. The van der Waals surface area contributed by atoms with E-state index >= 15 is 0 Å². The lowest BCUT2D eigenvalue weighted by Crippen LogP contribution is -2.39. The van der Waals surface area contributed by atoms with E-state index in [-0.39, 0.29) is 18.1 Å². The summed E-state index contributed by atoms with van der Waals surface area (Å²) in [6, 6.07) is 4.15. The smallest absolute Gasteiger partial charge is 0.244 e. The first-order valence-electron chi connectivity index (χ1n) is 7.66. The largest absolute Gasteiger partial charge is 0.318 e. The first-order chi connectivity index (χ1) is 10.1. The highest BCUT2D eigenvalue weighted by Gasteiger charge is 2.60. The molecule has 3 nitrogen and oxygen atoms in total. The third-order valence-electron chi connectivity index (χ3n) is 5.06. The molecule has 1 aromatic carbocycles. The standard InChI is InChI=1S/C16H18F2N2O/c17-12-6-5-10(9-13(12)18)14-19-16(7-8-16)15(21)20(14)11-3-1-2-4-11/h5-6,9,11,14,19H,1-4,7-8H2. The zero-order valence-electron chi connectivity index (χ0n) is 11.7. The molecule has 1 N–H and O–H groups in total. The van der Waals surface area contributed by atoms with Crippen molar-refractivity contribution in [1.29, 1.82) is 0 Å². The van der Waals surface area contributed by atoms with Crippen molar-refractivity contribution in [2.75, 3.05) is 0 Å². The van der Waals surface area contributed by atoms with Crippen LogP contribution in [0.2, 0.25) is 0 Å². The second-order valence-electron chi connectivity index (χ2n) is 6.45. The number of hydrogen-bond acceptors (Lipinski definition) is 2. The van der Waals surface area contributed by atoms with E-state index in [1.54, 1.807) is 6.07 Å². The topological polar surface area (TPSA) is 32.3 Å². The molecule has 0 bridgehead atoms. The van der Waals surface area contributed by atoms with Crippen LogP contribution in [0.1, 0.15) is 50.3 Å². The molecule has 2 aliphatic carbocycles. The third-order valence-corrected chi connectivity index (χ3v) is 5.06. The number of halogens is 2. The Labute approximate surface area is 122 Å². The molecular weight excluding hydrogens is 274 g/mol. The van der Waals surface area contributed by atoms with Gasteiger partial charge in [-0.3, -0.25) is 10.1 Å². The summed E-state index contributed by atoms with van der Waals surface area (Å²) in [4.78, 5) is 14.6. The summed E-state index contributed by atoms with van der Waals surface area (Å²) in [7, 11) is 0. The highest BCUT2D eigenvalue weighted by Crippen LogP contribution is 2.48. The van der Waals surface area contributed by atoms with E-state index in [4.69, 9.17) is 0 Å². The number of amides is 1. The Kier molecular flexibility index (Phi) is 2.83. The Morgan fingerprint density at radius 1 is 1.14 bits per heavy atom. The number of benzene rings is 1. The van der Waals surface area contributed by atoms with Crippen LogP contribution in [0.5, 0.6) is 0 Å². The van der Waals surface area contributed by atoms with Gasteiger partial charge in [0.15, 0.2) is 11.6 Å². The van der Waals surface area contributed by atoms with Crippen LogP contribution in [0.3, 0.4) is 0 Å². The fourth-order valence-corrected chi connectivity index (χ4v) is 3.73. The summed E-state index contributed by atoms with van der Waals surface area (Å²) in [5, 5.41) is 3.37. The quantitative estimate of drug-likeness (QED) is 0.909. The van der Waals surface area contributed by atoms with Gasteiger partial charge in [0.2, 0.25) is 5.91 Å². The minimum Gasteiger partial charge on any atom is -0.318 e. The van der Waals surface area contributed by atoms with E-state index in [9.17, 15) is 13.6 Å². The van der Waals surface area contributed by atoms with Crippen LogP contribution in [0.25, 0.3) is 0 Å². The van der Waals surface area contributed by atoms with E-state index < -0.39 is 17.2 Å². The first-order valence-corrected chi connectivity index (χ1v) is 7.66. The summed E-state index contributed by atoms with van der Waals surface area (Å²) < 4.78 is 26.7. The van der Waals surface area contributed by atoms with Gasteiger partial charge in [0.1, 0.15) is 11.7 Å². The van der Waals surface area contributed by atoms with Crippen molar-refractivity contribution >= 4 is 5.91 Å². The van der Waals surface area contributed by atoms with E-state index in [0.717, 1.165) is 44.6 Å². The fraction of sp³-hybridized carbons (Fsp3) is 0.562. The van der Waals surface area contributed by atoms with Crippen LogP contribution >= 0.6 is 0 Å². The lowest BCUT2D eigenvalue weighted by Gasteiger charge is -2.30. The zero-order chi connectivity index (χ0) is 14.6. The molecule has 1 unspecified atom stereocenters. The summed E-state index contributed by atoms with van der Waals surface area (Å²) in [5.41, 5.74) is 0.205. The molecule has 1 heterocycles. The summed E-state index contributed by atoms with van der Waals surface area (Å²) >= 11 is 0. The second kappa shape index (κ2) is 4.50. The molecule has 2 saturated carbocycles. The molecule has 1 saturated heterocycles. The number of nitrogens with zero attached hydrogens (tertiary/aromatic N) is 1. The molecular formula is C16H18F2N2O. The summed E-state index contributed by atoms with van der Waals surface area (Å²) in [5.74, 6) is -1.56. The van der Waals surface area contributed by atoms with E-state index in [0.29, 0.717) is 5.56 Å². The van der Waals surface area contributed by atoms with Crippen LogP contribution in [0, 0.1) is 11.6 Å². The summed E-state index contributed by atoms with van der Waals surface area (Å²) in [6.07, 6.45) is 5.63. The molecule has 1 amide bonds. The lowest BCUT2D eigenvalue weighted by molar-refractivity contribution is -0.133. The highest BCUT2D eigenvalue weighted by molar-refractivity contribution is 5.92. The van der Waals surface area contributed by atoms with Gasteiger partial charge in [-0.15, -0.1) is 0 Å². The monoisotopic (exact) mass is 292 g/mol. The number of nitrogens with one attached hydrogen (secondary N) is 1. The molecule has 1 aliphatic heterocycles. The van der Waals surface area contributed by atoms with Crippen molar-refractivity contribution in [2.45, 2.75) is 56.3 Å². The van der Waals surface area contributed by atoms with Gasteiger partial charge in [0.25, 0.3) is 0 Å². The van der Waals surface area contributed by atoms with Gasteiger partial charge in [-0.25, -0.2) is 8.78 Å². The molecule has 112 valence electrons. The lowest BCUT2D eigenvalue weighted by atomic mass is 10.1.